The van der Waals surface area contributed by atoms with Gasteiger partial charge in [-0.1, -0.05) is 13.8 Å². The van der Waals surface area contributed by atoms with Crippen LogP contribution in [0.1, 0.15) is 20.3 Å². The van der Waals surface area contributed by atoms with E-state index in [1.165, 1.54) is 12.3 Å². The predicted octanol–water partition coefficient (Wildman–Crippen LogP) is 1.09. The maximum absolute atomic E-state index is 11.0. The van der Waals surface area contributed by atoms with Gasteiger partial charge in [-0.25, -0.2) is 0 Å². The molecule has 3 nitrogen and oxygen atoms in total. The standard InChI is InChI=1S/C8H14N2O/c1-6(2)8(11)5-7(10)3-4-9/h3-4,6,10H,5,9H2,1-2H3/b4-3-,10-7?. The zero-order chi connectivity index (χ0) is 8.85. The van der Waals surface area contributed by atoms with Crippen molar-refractivity contribution in [2.24, 2.45) is 11.7 Å². The molecular formula is C8H14N2O. The monoisotopic (exact) mass is 154 g/mol. The van der Waals surface area contributed by atoms with E-state index in [0.29, 0.717) is 0 Å². The predicted molar refractivity (Wildman–Crippen MR) is 45.5 cm³/mol. The number of rotatable bonds is 4. The number of hydrogen-bond donors (Lipinski definition) is 2. The Morgan fingerprint density at radius 2 is 2.18 bits per heavy atom. The van der Waals surface area contributed by atoms with Crippen molar-refractivity contribution in [3.8, 4) is 0 Å². The quantitative estimate of drug-likeness (QED) is 0.595. The Balaban J connectivity index is 3.86. The molecule has 0 aliphatic heterocycles. The minimum Gasteiger partial charge on any atom is -0.405 e. The highest BCUT2D eigenvalue weighted by Gasteiger charge is 2.07. The Bertz CT molecular complexity index is 183. The van der Waals surface area contributed by atoms with Gasteiger partial charge in [0.1, 0.15) is 5.78 Å². The van der Waals surface area contributed by atoms with Crippen LogP contribution in [0.15, 0.2) is 12.3 Å². The van der Waals surface area contributed by atoms with Crippen molar-refractivity contribution in [3.63, 3.8) is 0 Å². The molecular weight excluding hydrogens is 140 g/mol. The average Bonchev–Trinajstić information content (AvgIpc) is 1.87. The number of carbonyl (C=O) groups excluding carboxylic acids is 1. The molecule has 0 bridgehead atoms. The molecule has 0 aliphatic rings. The first-order chi connectivity index (χ1) is 5.07. The van der Waals surface area contributed by atoms with E-state index in [2.05, 4.69) is 0 Å². The topological polar surface area (TPSA) is 66.9 Å². The van der Waals surface area contributed by atoms with Gasteiger partial charge in [-0.05, 0) is 12.3 Å². The van der Waals surface area contributed by atoms with Gasteiger partial charge in [-0.3, -0.25) is 4.79 Å². The van der Waals surface area contributed by atoms with Crippen LogP contribution in [-0.4, -0.2) is 11.5 Å². The van der Waals surface area contributed by atoms with Crippen LogP contribution in [0.25, 0.3) is 0 Å². The minimum atomic E-state index is 0.00141. The summed E-state index contributed by atoms with van der Waals surface area (Å²) in [6, 6.07) is 0. The van der Waals surface area contributed by atoms with E-state index >= 15 is 0 Å². The fourth-order valence-corrected chi connectivity index (χ4v) is 0.567. The smallest absolute Gasteiger partial charge is 0.141 e. The summed E-state index contributed by atoms with van der Waals surface area (Å²) in [5, 5.41) is 7.22. The van der Waals surface area contributed by atoms with E-state index in [4.69, 9.17) is 11.1 Å². The van der Waals surface area contributed by atoms with Gasteiger partial charge in [-0.2, -0.15) is 0 Å². The van der Waals surface area contributed by atoms with Crippen molar-refractivity contribution in [2.45, 2.75) is 20.3 Å². The molecule has 0 aromatic carbocycles. The number of ketones is 1. The molecule has 0 aromatic rings. The first-order valence-electron chi connectivity index (χ1n) is 3.56. The Kier molecular flexibility index (Phi) is 4.18. The molecule has 3 heteroatoms. The molecule has 62 valence electrons. The number of Topliss-reactive ketones (excluding diaryl/α,β-unsaturated/α-hetero) is 1. The molecule has 0 saturated carbocycles. The number of allylic oxidation sites excluding steroid dienone is 1. The van der Waals surface area contributed by atoms with Gasteiger partial charge in [0.05, 0.1) is 0 Å². The Morgan fingerprint density at radius 3 is 2.55 bits per heavy atom. The van der Waals surface area contributed by atoms with Crippen LogP contribution in [0.5, 0.6) is 0 Å². The van der Waals surface area contributed by atoms with Gasteiger partial charge in [0.2, 0.25) is 0 Å². The number of nitrogens with two attached hydrogens (primary N) is 1. The lowest BCUT2D eigenvalue weighted by atomic mass is 10.0. The molecule has 0 amide bonds. The fraction of sp³-hybridized carbons (Fsp3) is 0.500. The maximum Gasteiger partial charge on any atom is 0.141 e. The van der Waals surface area contributed by atoms with Gasteiger partial charge in [0.15, 0.2) is 0 Å². The van der Waals surface area contributed by atoms with Gasteiger partial charge >= 0.3 is 0 Å². The van der Waals surface area contributed by atoms with Gasteiger partial charge in [0.25, 0.3) is 0 Å². The maximum atomic E-state index is 11.0. The molecule has 0 atom stereocenters. The fourth-order valence-electron chi connectivity index (χ4n) is 0.567. The van der Waals surface area contributed by atoms with Crippen molar-refractivity contribution in [3.05, 3.63) is 12.3 Å². The normalized spacial score (nSPS) is 10.8. The molecule has 0 aliphatic carbocycles. The third kappa shape index (κ3) is 4.31. The molecule has 0 saturated heterocycles. The SMILES string of the molecule is CC(C)C(=O)CC(=N)/C=C\N. The summed E-state index contributed by atoms with van der Waals surface area (Å²) in [7, 11) is 0. The molecule has 0 radical (unpaired) electrons. The summed E-state index contributed by atoms with van der Waals surface area (Å²) in [6.07, 6.45) is 2.89. The second kappa shape index (κ2) is 4.66. The third-order valence-electron chi connectivity index (χ3n) is 1.31. The first kappa shape index (κ1) is 9.88. The molecule has 0 spiro atoms. The average molecular weight is 154 g/mol. The van der Waals surface area contributed by atoms with Crippen LogP contribution >= 0.6 is 0 Å². The van der Waals surface area contributed by atoms with Crippen LogP contribution < -0.4 is 5.73 Å². The van der Waals surface area contributed by atoms with Gasteiger partial charge < -0.3 is 11.1 Å². The van der Waals surface area contributed by atoms with E-state index in [0.717, 1.165) is 0 Å². The highest BCUT2D eigenvalue weighted by molar-refractivity contribution is 6.06. The van der Waals surface area contributed by atoms with Gasteiger partial charge in [0, 0.05) is 18.1 Å². The summed E-state index contributed by atoms with van der Waals surface area (Å²) < 4.78 is 0. The molecule has 0 unspecified atom stereocenters. The molecule has 0 rings (SSSR count). The minimum absolute atomic E-state index is 0.00141. The second-order valence-electron chi connectivity index (χ2n) is 2.68. The number of carbonyl (C=O) groups is 1. The lowest BCUT2D eigenvalue weighted by molar-refractivity contribution is -0.120. The van der Waals surface area contributed by atoms with Crippen molar-refractivity contribution >= 4 is 11.5 Å². The molecule has 0 heterocycles. The van der Waals surface area contributed by atoms with Crippen LogP contribution in [-0.2, 0) is 4.79 Å². The molecule has 0 aromatic heterocycles. The number of hydrogen-bond acceptors (Lipinski definition) is 3. The zero-order valence-electron chi connectivity index (χ0n) is 6.92. The number of nitrogens with one attached hydrogen (secondary N) is 1. The third-order valence-corrected chi connectivity index (χ3v) is 1.31. The first-order valence-corrected chi connectivity index (χ1v) is 3.56. The summed E-state index contributed by atoms with van der Waals surface area (Å²) >= 11 is 0. The van der Waals surface area contributed by atoms with Crippen molar-refractivity contribution in [2.75, 3.05) is 0 Å². The van der Waals surface area contributed by atoms with Crippen LogP contribution in [0.3, 0.4) is 0 Å². The summed E-state index contributed by atoms with van der Waals surface area (Å²) in [5.74, 6) is 0.0784. The Morgan fingerprint density at radius 1 is 1.64 bits per heavy atom. The van der Waals surface area contributed by atoms with E-state index < -0.39 is 0 Å². The lowest BCUT2D eigenvalue weighted by Crippen LogP contribution is -2.11. The van der Waals surface area contributed by atoms with Crippen LogP contribution in [0.2, 0.25) is 0 Å². The largest absolute Gasteiger partial charge is 0.405 e. The highest BCUT2D eigenvalue weighted by Crippen LogP contribution is 1.99. The Labute approximate surface area is 66.8 Å². The van der Waals surface area contributed by atoms with Crippen LogP contribution in [0.4, 0.5) is 0 Å². The molecule has 0 fully saturated rings. The van der Waals surface area contributed by atoms with Crippen molar-refractivity contribution < 1.29 is 4.79 Å². The second-order valence-corrected chi connectivity index (χ2v) is 2.68. The summed E-state index contributed by atoms with van der Waals surface area (Å²) in [4.78, 5) is 11.0. The van der Waals surface area contributed by atoms with Crippen molar-refractivity contribution in [1.29, 1.82) is 5.41 Å². The Hall–Kier alpha value is -1.12. The molecule has 11 heavy (non-hydrogen) atoms. The zero-order valence-corrected chi connectivity index (χ0v) is 6.92. The van der Waals surface area contributed by atoms with Crippen molar-refractivity contribution in [1.82, 2.24) is 0 Å². The highest BCUT2D eigenvalue weighted by atomic mass is 16.1. The summed E-state index contributed by atoms with van der Waals surface area (Å²) in [5.41, 5.74) is 5.32. The van der Waals surface area contributed by atoms with E-state index in [1.807, 2.05) is 13.8 Å². The van der Waals surface area contributed by atoms with E-state index in [1.54, 1.807) is 0 Å². The van der Waals surface area contributed by atoms with E-state index in [-0.39, 0.29) is 23.8 Å². The van der Waals surface area contributed by atoms with Crippen LogP contribution in [0, 0.1) is 11.3 Å². The van der Waals surface area contributed by atoms with Gasteiger partial charge in [-0.15, -0.1) is 0 Å². The molecule has 3 N–H and O–H groups in total. The lowest BCUT2D eigenvalue weighted by Gasteiger charge is -2.01. The summed E-state index contributed by atoms with van der Waals surface area (Å²) in [6.45, 7) is 3.64. The van der Waals surface area contributed by atoms with E-state index in [9.17, 15) is 4.79 Å².